The zero-order chi connectivity index (χ0) is 17.8. The van der Waals surface area contributed by atoms with Gasteiger partial charge in [-0.25, -0.2) is 4.79 Å². The number of hydrogen-bond donors (Lipinski definition) is 0. The summed E-state index contributed by atoms with van der Waals surface area (Å²) in [4.78, 5) is 31.5. The number of para-hydroxylation sites is 1. The summed E-state index contributed by atoms with van der Waals surface area (Å²) in [7, 11) is 0. The average Bonchev–Trinajstić information content (AvgIpc) is 2.89. The maximum atomic E-state index is 12.7. The Balaban J connectivity index is 1.76. The summed E-state index contributed by atoms with van der Waals surface area (Å²) in [6.45, 7) is 4.99. The number of esters is 1. The van der Waals surface area contributed by atoms with Crippen LogP contribution < -0.4 is 0 Å². The summed E-state index contributed by atoms with van der Waals surface area (Å²) in [6, 6.07) is 9.18. The lowest BCUT2D eigenvalue weighted by Crippen LogP contribution is -2.40. The molecule has 1 amide bonds. The van der Waals surface area contributed by atoms with Crippen molar-refractivity contribution in [3.8, 4) is 0 Å². The molecule has 2 aromatic rings. The molecule has 3 rings (SSSR count). The van der Waals surface area contributed by atoms with E-state index in [2.05, 4.69) is 4.98 Å². The first-order chi connectivity index (χ1) is 12.1. The maximum Gasteiger partial charge on any atom is 0.339 e. The maximum absolute atomic E-state index is 12.7. The lowest BCUT2D eigenvalue weighted by atomic mass is 10.1. The zero-order valence-corrected chi connectivity index (χ0v) is 14.8. The predicted molar refractivity (Wildman–Crippen MR) is 96.4 cm³/mol. The Hall–Kier alpha value is -2.43. The first-order valence-corrected chi connectivity index (χ1v) is 8.92. The topological polar surface area (TPSA) is 59.5 Å². The molecule has 0 spiro atoms. The van der Waals surface area contributed by atoms with Crippen molar-refractivity contribution >= 4 is 22.8 Å². The van der Waals surface area contributed by atoms with Gasteiger partial charge in [0, 0.05) is 24.2 Å². The van der Waals surface area contributed by atoms with Gasteiger partial charge in [0.1, 0.15) is 0 Å². The van der Waals surface area contributed by atoms with E-state index in [1.54, 1.807) is 13.0 Å². The van der Waals surface area contributed by atoms with Crippen molar-refractivity contribution < 1.29 is 14.3 Å². The van der Waals surface area contributed by atoms with Crippen LogP contribution in [0.1, 0.15) is 48.7 Å². The van der Waals surface area contributed by atoms with Crippen LogP contribution in [0.4, 0.5) is 0 Å². The van der Waals surface area contributed by atoms with E-state index in [9.17, 15) is 9.59 Å². The van der Waals surface area contributed by atoms with Crippen LogP contribution in [-0.4, -0.2) is 41.0 Å². The number of carbonyl (C=O) groups excluding carboxylic acids is 2. The highest BCUT2D eigenvalue weighted by atomic mass is 16.5. The molecule has 5 heteroatoms. The molecule has 1 aromatic carbocycles. The number of likely N-dealkylation sites (tertiary alicyclic amines) is 1. The molecule has 1 aliphatic heterocycles. The smallest absolute Gasteiger partial charge is 0.339 e. The Bertz CT molecular complexity index is 780. The van der Waals surface area contributed by atoms with Gasteiger partial charge in [-0.15, -0.1) is 0 Å². The van der Waals surface area contributed by atoms with Crippen molar-refractivity contribution in [1.82, 2.24) is 9.88 Å². The zero-order valence-electron chi connectivity index (χ0n) is 14.8. The van der Waals surface area contributed by atoms with Gasteiger partial charge in [0.15, 0.2) is 6.10 Å². The number of nitrogens with zero attached hydrogens (tertiary/aromatic N) is 2. The van der Waals surface area contributed by atoms with Crippen molar-refractivity contribution in [2.45, 2.75) is 45.6 Å². The average molecular weight is 340 g/mol. The molecule has 1 saturated heterocycles. The summed E-state index contributed by atoms with van der Waals surface area (Å²) in [5, 5.41) is 0.743. The van der Waals surface area contributed by atoms with Gasteiger partial charge in [-0.2, -0.15) is 0 Å². The minimum absolute atomic E-state index is 0.106. The molecular formula is C20H24N2O3. The van der Waals surface area contributed by atoms with Gasteiger partial charge in [-0.1, -0.05) is 31.0 Å². The minimum Gasteiger partial charge on any atom is -0.449 e. The van der Waals surface area contributed by atoms with E-state index in [0.717, 1.165) is 55.4 Å². The molecule has 2 heterocycles. The molecule has 1 aliphatic rings. The number of ether oxygens (including phenoxy) is 1. The van der Waals surface area contributed by atoms with Crippen LogP contribution in [0.5, 0.6) is 0 Å². The lowest BCUT2D eigenvalue weighted by molar-refractivity contribution is -0.139. The molecule has 132 valence electrons. The number of rotatable bonds is 3. The number of fused-ring (bicyclic) bond motifs is 1. The second-order valence-corrected chi connectivity index (χ2v) is 6.62. The highest BCUT2D eigenvalue weighted by molar-refractivity contribution is 6.04. The van der Waals surface area contributed by atoms with Crippen LogP contribution in [0.2, 0.25) is 0 Å². The molecule has 5 nitrogen and oxygen atoms in total. The van der Waals surface area contributed by atoms with Crippen LogP contribution in [0.3, 0.4) is 0 Å². The quantitative estimate of drug-likeness (QED) is 0.803. The van der Waals surface area contributed by atoms with Gasteiger partial charge in [-0.3, -0.25) is 9.78 Å². The van der Waals surface area contributed by atoms with Crippen LogP contribution in [-0.2, 0) is 9.53 Å². The molecule has 1 fully saturated rings. The SMILES string of the molecule is Cc1cc(C(=O)OC(C)C(=O)N2CCCCCC2)c2ccccc2n1. The molecular weight excluding hydrogens is 316 g/mol. The van der Waals surface area contributed by atoms with E-state index in [1.807, 2.05) is 36.1 Å². The summed E-state index contributed by atoms with van der Waals surface area (Å²) in [5.41, 5.74) is 1.96. The summed E-state index contributed by atoms with van der Waals surface area (Å²) < 4.78 is 5.50. The number of amides is 1. The van der Waals surface area contributed by atoms with Crippen molar-refractivity contribution in [1.29, 1.82) is 0 Å². The fraction of sp³-hybridized carbons (Fsp3) is 0.450. The van der Waals surface area contributed by atoms with Crippen LogP contribution in [0.15, 0.2) is 30.3 Å². The minimum atomic E-state index is -0.780. The first-order valence-electron chi connectivity index (χ1n) is 8.92. The van der Waals surface area contributed by atoms with Crippen LogP contribution in [0, 0.1) is 6.92 Å². The third kappa shape index (κ3) is 3.98. The third-order valence-electron chi connectivity index (χ3n) is 4.61. The summed E-state index contributed by atoms with van der Waals surface area (Å²) in [6.07, 6.45) is 3.56. The number of aromatic nitrogens is 1. The predicted octanol–water partition coefficient (Wildman–Crippen LogP) is 3.49. The van der Waals surface area contributed by atoms with Crippen LogP contribution in [0.25, 0.3) is 10.9 Å². The molecule has 0 radical (unpaired) electrons. The molecule has 0 bridgehead atoms. The van der Waals surface area contributed by atoms with Gasteiger partial charge in [0.2, 0.25) is 0 Å². The third-order valence-corrected chi connectivity index (χ3v) is 4.61. The largest absolute Gasteiger partial charge is 0.449 e. The van der Waals surface area contributed by atoms with Gasteiger partial charge < -0.3 is 9.64 Å². The van der Waals surface area contributed by atoms with E-state index < -0.39 is 12.1 Å². The van der Waals surface area contributed by atoms with E-state index in [0.29, 0.717) is 5.56 Å². The number of hydrogen-bond acceptors (Lipinski definition) is 4. The van der Waals surface area contributed by atoms with Crippen molar-refractivity contribution in [3.63, 3.8) is 0 Å². The molecule has 1 aromatic heterocycles. The molecule has 0 saturated carbocycles. The van der Waals surface area contributed by atoms with Gasteiger partial charge in [-0.05, 0) is 38.8 Å². The lowest BCUT2D eigenvalue weighted by Gasteiger charge is -2.24. The van der Waals surface area contributed by atoms with Crippen molar-refractivity contribution in [3.05, 3.63) is 41.6 Å². The molecule has 0 N–H and O–H groups in total. The summed E-state index contributed by atoms with van der Waals surface area (Å²) in [5.74, 6) is -0.581. The summed E-state index contributed by atoms with van der Waals surface area (Å²) >= 11 is 0. The molecule has 1 unspecified atom stereocenters. The Kier molecular flexibility index (Phi) is 5.31. The Labute approximate surface area is 148 Å². The molecule has 0 aliphatic carbocycles. The molecule has 1 atom stereocenters. The number of benzene rings is 1. The number of carbonyl (C=O) groups is 2. The Morgan fingerprint density at radius 2 is 1.80 bits per heavy atom. The highest BCUT2D eigenvalue weighted by Crippen LogP contribution is 2.20. The van der Waals surface area contributed by atoms with E-state index in [-0.39, 0.29) is 5.91 Å². The highest BCUT2D eigenvalue weighted by Gasteiger charge is 2.25. The van der Waals surface area contributed by atoms with E-state index in [1.165, 1.54) is 0 Å². The molecule has 25 heavy (non-hydrogen) atoms. The van der Waals surface area contributed by atoms with Gasteiger partial charge >= 0.3 is 5.97 Å². The monoisotopic (exact) mass is 340 g/mol. The fourth-order valence-corrected chi connectivity index (χ4v) is 3.30. The second-order valence-electron chi connectivity index (χ2n) is 6.62. The van der Waals surface area contributed by atoms with Gasteiger partial charge in [0.05, 0.1) is 11.1 Å². The standard InChI is InChI=1S/C20H24N2O3/c1-14-13-17(16-9-5-6-10-18(16)21-14)20(24)25-15(2)19(23)22-11-7-3-4-8-12-22/h5-6,9-10,13,15H,3-4,7-8,11-12H2,1-2H3. The number of pyridine rings is 1. The number of aryl methyl sites for hydroxylation is 1. The normalized spacial score (nSPS) is 16.3. The Morgan fingerprint density at radius 3 is 2.52 bits per heavy atom. The van der Waals surface area contributed by atoms with Crippen molar-refractivity contribution in [2.75, 3.05) is 13.1 Å². The Morgan fingerprint density at radius 1 is 1.12 bits per heavy atom. The first kappa shape index (κ1) is 17.4. The van der Waals surface area contributed by atoms with Gasteiger partial charge in [0.25, 0.3) is 5.91 Å². The second kappa shape index (κ2) is 7.64. The fourth-order valence-electron chi connectivity index (χ4n) is 3.30. The van der Waals surface area contributed by atoms with E-state index in [4.69, 9.17) is 4.74 Å². The van der Waals surface area contributed by atoms with E-state index >= 15 is 0 Å². The van der Waals surface area contributed by atoms with Crippen LogP contribution >= 0.6 is 0 Å². The van der Waals surface area contributed by atoms with Crippen molar-refractivity contribution in [2.24, 2.45) is 0 Å².